The zero-order valence-electron chi connectivity index (χ0n) is 6.08. The highest BCUT2D eigenvalue weighted by molar-refractivity contribution is 4.89. The number of ether oxygens (including phenoxy) is 3. The predicted molar refractivity (Wildman–Crippen MR) is 34.9 cm³/mol. The van der Waals surface area contributed by atoms with E-state index in [4.69, 9.17) is 14.2 Å². The van der Waals surface area contributed by atoms with Crippen LogP contribution in [0.5, 0.6) is 0 Å². The molecule has 2 saturated heterocycles. The molecule has 3 atom stereocenters. The second kappa shape index (κ2) is 2.49. The first kappa shape index (κ1) is 6.58. The first-order chi connectivity index (χ1) is 4.92. The minimum absolute atomic E-state index is 0.174. The molecule has 58 valence electrons. The van der Waals surface area contributed by atoms with Gasteiger partial charge in [0.15, 0.2) is 0 Å². The van der Waals surface area contributed by atoms with Crippen LogP contribution in [0.15, 0.2) is 0 Å². The highest BCUT2D eigenvalue weighted by atomic mass is 16.6. The van der Waals surface area contributed by atoms with Crippen molar-refractivity contribution >= 4 is 0 Å². The fourth-order valence-corrected chi connectivity index (χ4v) is 1.63. The molecule has 3 nitrogen and oxygen atoms in total. The summed E-state index contributed by atoms with van der Waals surface area (Å²) in [5, 5.41) is 0. The van der Waals surface area contributed by atoms with Crippen LogP contribution in [0.4, 0.5) is 0 Å². The van der Waals surface area contributed by atoms with E-state index >= 15 is 0 Å². The summed E-state index contributed by atoms with van der Waals surface area (Å²) in [4.78, 5) is 0. The molecule has 3 heteroatoms. The van der Waals surface area contributed by atoms with Gasteiger partial charge in [-0.25, -0.2) is 0 Å². The predicted octanol–water partition coefficient (Wildman–Crippen LogP) is 0.189. The van der Waals surface area contributed by atoms with Gasteiger partial charge in [0.05, 0.1) is 12.7 Å². The van der Waals surface area contributed by atoms with Gasteiger partial charge in [-0.2, -0.15) is 0 Å². The molecule has 0 aromatic rings. The molecule has 0 amide bonds. The van der Waals surface area contributed by atoms with Gasteiger partial charge >= 0.3 is 0 Å². The summed E-state index contributed by atoms with van der Waals surface area (Å²) < 4.78 is 16.0. The summed E-state index contributed by atoms with van der Waals surface area (Å²) in [6, 6.07) is 0. The number of methoxy groups -OCH3 is 1. The molecule has 0 aromatic carbocycles. The molecule has 2 heterocycles. The van der Waals surface area contributed by atoms with Gasteiger partial charge in [-0.3, -0.25) is 0 Å². The summed E-state index contributed by atoms with van der Waals surface area (Å²) in [6.45, 7) is 1.53. The van der Waals surface area contributed by atoms with Gasteiger partial charge < -0.3 is 14.2 Å². The van der Waals surface area contributed by atoms with E-state index in [2.05, 4.69) is 0 Å². The third kappa shape index (κ3) is 0.856. The Labute approximate surface area is 60.3 Å². The van der Waals surface area contributed by atoms with Crippen molar-refractivity contribution in [3.63, 3.8) is 0 Å². The van der Waals surface area contributed by atoms with Crippen LogP contribution < -0.4 is 0 Å². The average Bonchev–Trinajstić information content (AvgIpc) is 2.44. The number of rotatable bonds is 1. The molecule has 0 bridgehead atoms. The first-order valence-electron chi connectivity index (χ1n) is 3.68. The van der Waals surface area contributed by atoms with Crippen LogP contribution in [0, 0.1) is 0 Å². The van der Waals surface area contributed by atoms with Crippen LogP contribution in [0.1, 0.15) is 6.42 Å². The van der Waals surface area contributed by atoms with Crippen molar-refractivity contribution in [1.82, 2.24) is 0 Å². The topological polar surface area (TPSA) is 27.7 Å². The van der Waals surface area contributed by atoms with Crippen LogP contribution in [0.2, 0.25) is 0 Å². The monoisotopic (exact) mass is 144 g/mol. The van der Waals surface area contributed by atoms with Crippen LogP contribution in [-0.4, -0.2) is 38.6 Å². The van der Waals surface area contributed by atoms with E-state index in [0.717, 1.165) is 13.0 Å². The lowest BCUT2D eigenvalue weighted by molar-refractivity contribution is -0.00727. The van der Waals surface area contributed by atoms with Gasteiger partial charge in [-0.15, -0.1) is 0 Å². The number of hydrogen-bond acceptors (Lipinski definition) is 3. The zero-order valence-corrected chi connectivity index (χ0v) is 6.08. The summed E-state index contributed by atoms with van der Waals surface area (Å²) in [7, 11) is 1.71. The molecule has 0 saturated carbocycles. The van der Waals surface area contributed by atoms with Gasteiger partial charge in [-0.1, -0.05) is 0 Å². The van der Waals surface area contributed by atoms with Crippen LogP contribution in [-0.2, 0) is 14.2 Å². The summed E-state index contributed by atoms with van der Waals surface area (Å²) in [5.41, 5.74) is 0. The molecule has 2 aliphatic rings. The third-order valence-corrected chi connectivity index (χ3v) is 2.22. The Morgan fingerprint density at radius 2 is 2.30 bits per heavy atom. The summed E-state index contributed by atoms with van der Waals surface area (Å²) in [5.74, 6) is 0. The molecule has 2 fully saturated rings. The quantitative estimate of drug-likeness (QED) is 0.525. The fourth-order valence-electron chi connectivity index (χ4n) is 1.63. The maximum Gasteiger partial charge on any atom is 0.112 e. The van der Waals surface area contributed by atoms with Gasteiger partial charge in [0.25, 0.3) is 0 Å². The Kier molecular flexibility index (Phi) is 1.64. The second-order valence-electron chi connectivity index (χ2n) is 2.77. The van der Waals surface area contributed by atoms with Gasteiger partial charge in [0, 0.05) is 13.7 Å². The Bertz CT molecular complexity index is 126. The highest BCUT2D eigenvalue weighted by Gasteiger charge is 2.41. The van der Waals surface area contributed by atoms with E-state index in [1.165, 1.54) is 0 Å². The Hall–Kier alpha value is -0.120. The maximum atomic E-state index is 5.43. The maximum absolute atomic E-state index is 5.43. The lowest BCUT2D eigenvalue weighted by atomic mass is 10.1. The zero-order chi connectivity index (χ0) is 6.97. The molecule has 0 spiro atoms. The highest BCUT2D eigenvalue weighted by Crippen LogP contribution is 2.27. The SMILES string of the molecule is CO[C@@H]1CO[C@@H]2CCO[C@H]12. The van der Waals surface area contributed by atoms with Crippen LogP contribution in [0.3, 0.4) is 0 Å². The molecule has 0 aliphatic carbocycles. The van der Waals surface area contributed by atoms with E-state index < -0.39 is 0 Å². The van der Waals surface area contributed by atoms with Gasteiger partial charge in [0.2, 0.25) is 0 Å². The fraction of sp³-hybridized carbons (Fsp3) is 1.00. The van der Waals surface area contributed by atoms with Crippen molar-refractivity contribution in [3.8, 4) is 0 Å². The minimum atomic E-state index is 0.174. The minimum Gasteiger partial charge on any atom is -0.376 e. The molecule has 0 N–H and O–H groups in total. The Balaban J connectivity index is 2.01. The molecule has 0 aromatic heterocycles. The van der Waals surface area contributed by atoms with Gasteiger partial charge in [-0.05, 0) is 6.42 Å². The van der Waals surface area contributed by atoms with E-state index in [0.29, 0.717) is 12.7 Å². The summed E-state index contributed by atoms with van der Waals surface area (Å²) >= 11 is 0. The smallest absolute Gasteiger partial charge is 0.112 e. The van der Waals surface area contributed by atoms with Crippen molar-refractivity contribution in [2.75, 3.05) is 20.3 Å². The van der Waals surface area contributed by atoms with Crippen molar-refractivity contribution < 1.29 is 14.2 Å². The van der Waals surface area contributed by atoms with Gasteiger partial charge in [0.1, 0.15) is 12.2 Å². The number of fused-ring (bicyclic) bond motifs is 1. The first-order valence-corrected chi connectivity index (χ1v) is 3.68. The third-order valence-electron chi connectivity index (χ3n) is 2.22. The van der Waals surface area contributed by atoms with Crippen molar-refractivity contribution in [2.24, 2.45) is 0 Å². The van der Waals surface area contributed by atoms with E-state index in [-0.39, 0.29) is 12.2 Å². The number of hydrogen-bond donors (Lipinski definition) is 0. The van der Waals surface area contributed by atoms with Crippen molar-refractivity contribution in [1.29, 1.82) is 0 Å². The van der Waals surface area contributed by atoms with E-state index in [1.807, 2.05) is 0 Å². The largest absolute Gasteiger partial charge is 0.376 e. The molecule has 0 radical (unpaired) electrons. The van der Waals surface area contributed by atoms with E-state index in [1.54, 1.807) is 7.11 Å². The molecule has 10 heavy (non-hydrogen) atoms. The average molecular weight is 144 g/mol. The Morgan fingerprint density at radius 3 is 3.10 bits per heavy atom. The van der Waals surface area contributed by atoms with Crippen LogP contribution in [0.25, 0.3) is 0 Å². The van der Waals surface area contributed by atoms with Crippen molar-refractivity contribution in [3.05, 3.63) is 0 Å². The molecule has 2 aliphatic heterocycles. The molecular formula is C7H12O3. The van der Waals surface area contributed by atoms with Crippen molar-refractivity contribution in [2.45, 2.75) is 24.7 Å². The van der Waals surface area contributed by atoms with E-state index in [9.17, 15) is 0 Å². The Morgan fingerprint density at radius 1 is 1.40 bits per heavy atom. The molecule has 0 unspecified atom stereocenters. The molecule has 2 rings (SSSR count). The summed E-state index contributed by atoms with van der Waals surface area (Å²) in [6.07, 6.45) is 1.73. The standard InChI is InChI=1S/C7H12O3/c1-8-6-4-10-5-2-3-9-7(5)6/h5-7H,2-4H2,1H3/t5-,6-,7+/m1/s1. The normalized spacial score (nSPS) is 45.9. The lowest BCUT2D eigenvalue weighted by Crippen LogP contribution is -2.28. The van der Waals surface area contributed by atoms with Crippen LogP contribution >= 0.6 is 0 Å². The lowest BCUT2D eigenvalue weighted by Gasteiger charge is -2.12. The molecular weight excluding hydrogens is 132 g/mol. The second-order valence-corrected chi connectivity index (χ2v) is 2.77.